The fourth-order valence-corrected chi connectivity index (χ4v) is 2.60. The number of rotatable bonds is 8. The summed E-state index contributed by atoms with van der Waals surface area (Å²) in [5.41, 5.74) is 1.22. The number of hydrogen-bond acceptors (Lipinski definition) is 6. The molecule has 142 valence electrons. The zero-order valence-electron chi connectivity index (χ0n) is 14.5. The first-order valence-electron chi connectivity index (χ1n) is 8.10. The van der Waals surface area contributed by atoms with Gasteiger partial charge in [-0.1, -0.05) is 11.6 Å². The van der Waals surface area contributed by atoms with Crippen LogP contribution in [-0.2, 0) is 0 Å². The first-order chi connectivity index (χ1) is 12.8. The van der Waals surface area contributed by atoms with Crippen LogP contribution in [0.4, 0.5) is 5.69 Å². The van der Waals surface area contributed by atoms with Crippen LogP contribution >= 0.6 is 11.6 Å². The van der Waals surface area contributed by atoms with Crippen molar-refractivity contribution in [2.24, 2.45) is 0 Å². The minimum Gasteiger partial charge on any atom is -0.394 e. The number of nitro groups is 1. The lowest BCUT2D eigenvalue weighted by molar-refractivity contribution is -0.384. The van der Waals surface area contributed by atoms with Gasteiger partial charge in [0.1, 0.15) is 6.10 Å². The van der Waals surface area contributed by atoms with Gasteiger partial charge in [0.25, 0.3) is 5.69 Å². The van der Waals surface area contributed by atoms with E-state index in [-0.39, 0.29) is 11.5 Å². The van der Waals surface area contributed by atoms with Crippen LogP contribution in [0.2, 0.25) is 5.02 Å². The minimum absolute atomic E-state index is 0.0934. The van der Waals surface area contributed by atoms with E-state index in [1.54, 1.807) is 31.2 Å². The van der Waals surface area contributed by atoms with Gasteiger partial charge in [-0.3, -0.25) is 14.9 Å². The highest BCUT2D eigenvalue weighted by molar-refractivity contribution is 6.30. The van der Waals surface area contributed by atoms with Crippen LogP contribution < -0.4 is 5.32 Å². The number of benzene rings is 2. The van der Waals surface area contributed by atoms with Gasteiger partial charge in [-0.2, -0.15) is 0 Å². The van der Waals surface area contributed by atoms with Crippen molar-refractivity contribution in [3.8, 4) is 0 Å². The fourth-order valence-electron chi connectivity index (χ4n) is 2.48. The van der Waals surface area contributed by atoms with Crippen molar-refractivity contribution in [3.05, 3.63) is 86.6 Å². The van der Waals surface area contributed by atoms with Crippen molar-refractivity contribution in [1.82, 2.24) is 5.32 Å². The van der Waals surface area contributed by atoms with Crippen LogP contribution in [0.3, 0.4) is 0 Å². The molecule has 0 bridgehead atoms. The smallest absolute Gasteiger partial charge is 0.269 e. The van der Waals surface area contributed by atoms with Gasteiger partial charge in [-0.05, 0) is 48.9 Å². The van der Waals surface area contributed by atoms with E-state index in [9.17, 15) is 25.1 Å². The predicted octanol–water partition coefficient (Wildman–Crippen LogP) is 3.02. The molecule has 0 amide bonds. The van der Waals surface area contributed by atoms with Crippen LogP contribution in [0.25, 0.3) is 0 Å². The van der Waals surface area contributed by atoms with E-state index in [1.807, 2.05) is 0 Å². The summed E-state index contributed by atoms with van der Waals surface area (Å²) in [5, 5.41) is 34.1. The predicted molar refractivity (Wildman–Crippen MR) is 102 cm³/mol. The standard InChI is InChI=1S/C19H19ClN2O5/c1-12(10-18(24)13-2-6-15(20)7-3-13)21-17(11-23)19(25)14-4-8-16(9-5-14)22(26)27/h2-10,17,19,21,23,25H,11H2,1H3/b12-10+. The first kappa shape index (κ1) is 20.6. The van der Waals surface area contributed by atoms with Crippen molar-refractivity contribution >= 4 is 23.1 Å². The number of halogens is 1. The zero-order chi connectivity index (χ0) is 20.0. The van der Waals surface area contributed by atoms with Gasteiger partial charge in [0, 0.05) is 34.5 Å². The maximum atomic E-state index is 12.2. The highest BCUT2D eigenvalue weighted by atomic mass is 35.5. The molecule has 7 nitrogen and oxygen atoms in total. The molecule has 0 saturated carbocycles. The monoisotopic (exact) mass is 390 g/mol. The molecule has 0 aliphatic heterocycles. The summed E-state index contributed by atoms with van der Waals surface area (Å²) in [7, 11) is 0. The zero-order valence-corrected chi connectivity index (χ0v) is 15.3. The quantitative estimate of drug-likeness (QED) is 0.276. The van der Waals surface area contributed by atoms with Gasteiger partial charge in [0.2, 0.25) is 0 Å². The third-order valence-corrected chi connectivity index (χ3v) is 4.16. The average molecular weight is 391 g/mol. The Morgan fingerprint density at radius 2 is 1.81 bits per heavy atom. The molecule has 0 aliphatic carbocycles. The molecule has 0 aliphatic rings. The molecule has 0 aromatic heterocycles. The maximum Gasteiger partial charge on any atom is 0.269 e. The Bertz CT molecular complexity index is 834. The Kier molecular flexibility index (Phi) is 7.06. The van der Waals surface area contributed by atoms with Crippen LogP contribution in [0.15, 0.2) is 60.3 Å². The molecule has 2 aromatic carbocycles. The number of allylic oxidation sites excluding steroid dienone is 2. The number of ketones is 1. The first-order valence-corrected chi connectivity index (χ1v) is 8.47. The second-order valence-electron chi connectivity index (χ2n) is 5.93. The van der Waals surface area contributed by atoms with Gasteiger partial charge in [0.05, 0.1) is 17.6 Å². The van der Waals surface area contributed by atoms with Gasteiger partial charge >= 0.3 is 0 Å². The normalized spacial score (nSPS) is 13.7. The highest BCUT2D eigenvalue weighted by Crippen LogP contribution is 2.21. The number of non-ortho nitro benzene ring substituents is 1. The number of aliphatic hydroxyl groups excluding tert-OH is 2. The van der Waals surface area contributed by atoms with E-state index in [4.69, 9.17) is 11.6 Å². The van der Waals surface area contributed by atoms with Crippen molar-refractivity contribution in [2.75, 3.05) is 6.61 Å². The summed E-state index contributed by atoms with van der Waals surface area (Å²) in [5.74, 6) is -0.252. The third-order valence-electron chi connectivity index (χ3n) is 3.91. The topological polar surface area (TPSA) is 113 Å². The van der Waals surface area contributed by atoms with Crippen molar-refractivity contribution in [2.45, 2.75) is 19.1 Å². The summed E-state index contributed by atoms with van der Waals surface area (Å²) in [6.45, 7) is 1.23. The van der Waals surface area contributed by atoms with E-state index in [0.29, 0.717) is 21.8 Å². The Hall–Kier alpha value is -2.74. The van der Waals surface area contributed by atoms with E-state index >= 15 is 0 Å². The van der Waals surface area contributed by atoms with Crippen molar-refractivity contribution in [3.63, 3.8) is 0 Å². The Labute approximate surface area is 161 Å². The molecule has 3 N–H and O–H groups in total. The second kappa shape index (κ2) is 9.27. The molecule has 2 rings (SSSR count). The molecule has 0 spiro atoms. The molecule has 0 fully saturated rings. The fraction of sp³-hybridized carbons (Fsp3) is 0.211. The molecule has 0 saturated heterocycles. The van der Waals surface area contributed by atoms with E-state index < -0.39 is 23.7 Å². The summed E-state index contributed by atoms with van der Waals surface area (Å²) in [6.07, 6.45) is 0.235. The SMILES string of the molecule is C/C(=C\C(=O)c1ccc(Cl)cc1)NC(CO)C(O)c1ccc([N+](=O)[O-])cc1. The summed E-state index contributed by atoms with van der Waals surface area (Å²) >= 11 is 5.80. The van der Waals surface area contributed by atoms with Gasteiger partial charge < -0.3 is 15.5 Å². The lowest BCUT2D eigenvalue weighted by Crippen LogP contribution is -2.37. The molecule has 2 aromatic rings. The van der Waals surface area contributed by atoms with Gasteiger partial charge in [-0.15, -0.1) is 0 Å². The largest absolute Gasteiger partial charge is 0.394 e. The van der Waals surface area contributed by atoms with Crippen LogP contribution in [0.5, 0.6) is 0 Å². The number of nitro benzene ring substituents is 1. The van der Waals surface area contributed by atoms with Gasteiger partial charge in [-0.25, -0.2) is 0 Å². The summed E-state index contributed by atoms with van der Waals surface area (Å²) in [4.78, 5) is 22.4. The number of nitrogens with zero attached hydrogens (tertiary/aromatic N) is 1. The van der Waals surface area contributed by atoms with E-state index in [0.717, 1.165) is 0 Å². The number of carbonyl (C=O) groups excluding carboxylic acids is 1. The molecule has 2 atom stereocenters. The van der Waals surface area contributed by atoms with E-state index in [1.165, 1.54) is 30.3 Å². The Balaban J connectivity index is 2.08. The van der Waals surface area contributed by atoms with Gasteiger partial charge in [0.15, 0.2) is 5.78 Å². The summed E-state index contributed by atoms with van der Waals surface area (Å²) < 4.78 is 0. The Morgan fingerprint density at radius 1 is 1.22 bits per heavy atom. The molecule has 0 radical (unpaired) electrons. The van der Waals surface area contributed by atoms with E-state index in [2.05, 4.69) is 5.32 Å². The Morgan fingerprint density at radius 3 is 2.33 bits per heavy atom. The lowest BCUT2D eigenvalue weighted by Gasteiger charge is -2.24. The van der Waals surface area contributed by atoms with Crippen LogP contribution in [0.1, 0.15) is 28.9 Å². The van der Waals surface area contributed by atoms with Crippen molar-refractivity contribution < 1.29 is 19.9 Å². The number of hydrogen-bond donors (Lipinski definition) is 3. The van der Waals surface area contributed by atoms with Crippen LogP contribution in [0, 0.1) is 10.1 Å². The number of aliphatic hydroxyl groups is 2. The lowest BCUT2D eigenvalue weighted by atomic mass is 10.0. The highest BCUT2D eigenvalue weighted by Gasteiger charge is 2.21. The molecule has 2 unspecified atom stereocenters. The summed E-state index contributed by atoms with van der Waals surface area (Å²) in [6, 6.07) is 11.0. The average Bonchev–Trinajstić information content (AvgIpc) is 2.66. The minimum atomic E-state index is -1.12. The molecule has 0 heterocycles. The number of nitrogens with one attached hydrogen (secondary N) is 1. The molecular weight excluding hydrogens is 372 g/mol. The maximum absolute atomic E-state index is 12.2. The third kappa shape index (κ3) is 5.62. The molecule has 8 heteroatoms. The van der Waals surface area contributed by atoms with Crippen LogP contribution in [-0.4, -0.2) is 33.6 Å². The number of carbonyl (C=O) groups is 1. The molecular formula is C19H19ClN2O5. The van der Waals surface area contributed by atoms with Crippen molar-refractivity contribution in [1.29, 1.82) is 0 Å². The second-order valence-corrected chi connectivity index (χ2v) is 6.36. The molecule has 27 heavy (non-hydrogen) atoms.